The summed E-state index contributed by atoms with van der Waals surface area (Å²) < 4.78 is 14.9. The zero-order chi connectivity index (χ0) is 19.2. The van der Waals surface area contributed by atoms with Crippen molar-refractivity contribution in [1.29, 1.82) is 0 Å². The van der Waals surface area contributed by atoms with Crippen molar-refractivity contribution < 1.29 is 9.18 Å². The maximum atomic E-state index is 13.1. The molecule has 0 unspecified atom stereocenters. The van der Waals surface area contributed by atoms with Gasteiger partial charge in [0.05, 0.1) is 17.7 Å². The number of hydrogen-bond donors (Lipinski definition) is 1. The number of thioether (sulfide) groups is 1. The molecule has 27 heavy (non-hydrogen) atoms. The van der Waals surface area contributed by atoms with Crippen LogP contribution in [-0.4, -0.2) is 32.4 Å². The van der Waals surface area contributed by atoms with Crippen molar-refractivity contribution in [2.75, 3.05) is 5.75 Å². The third kappa shape index (κ3) is 5.24. The van der Waals surface area contributed by atoms with E-state index in [9.17, 15) is 9.18 Å². The van der Waals surface area contributed by atoms with Gasteiger partial charge in [0.1, 0.15) is 5.82 Å². The van der Waals surface area contributed by atoms with Gasteiger partial charge in [-0.1, -0.05) is 11.8 Å². The van der Waals surface area contributed by atoms with Crippen LogP contribution < -0.4 is 5.43 Å². The van der Waals surface area contributed by atoms with Crippen molar-refractivity contribution in [3.63, 3.8) is 0 Å². The van der Waals surface area contributed by atoms with Crippen molar-refractivity contribution in [3.8, 4) is 5.69 Å². The minimum absolute atomic E-state index is 0.166. The van der Waals surface area contributed by atoms with Gasteiger partial charge >= 0.3 is 0 Å². The SMILES string of the molecule is Cc1cc(C)nc(SCC(=O)N/N=C\c2cccn2-c2ccc(F)cc2)n1. The quantitative estimate of drug-likeness (QED) is 0.307. The molecular formula is C19H18FN5OS. The molecule has 1 aromatic carbocycles. The number of hydrogen-bond acceptors (Lipinski definition) is 5. The molecule has 0 aliphatic heterocycles. The van der Waals surface area contributed by atoms with Gasteiger partial charge in [-0.2, -0.15) is 5.10 Å². The number of nitrogens with zero attached hydrogens (tertiary/aromatic N) is 4. The second kappa shape index (κ2) is 8.59. The predicted octanol–water partition coefficient (Wildman–Crippen LogP) is 3.27. The van der Waals surface area contributed by atoms with Gasteiger partial charge in [0, 0.05) is 23.3 Å². The summed E-state index contributed by atoms with van der Waals surface area (Å²) in [5.74, 6) is -0.378. The molecule has 1 N–H and O–H groups in total. The molecule has 0 aliphatic rings. The average Bonchev–Trinajstić information content (AvgIpc) is 3.08. The number of nitrogens with one attached hydrogen (secondary N) is 1. The summed E-state index contributed by atoms with van der Waals surface area (Å²) in [5, 5.41) is 4.56. The number of aryl methyl sites for hydroxylation is 2. The Morgan fingerprint density at radius 1 is 1.22 bits per heavy atom. The molecule has 8 heteroatoms. The summed E-state index contributed by atoms with van der Waals surface area (Å²) in [6.07, 6.45) is 3.38. The summed E-state index contributed by atoms with van der Waals surface area (Å²) in [5.41, 5.74) is 5.78. The molecule has 0 bridgehead atoms. The van der Waals surface area contributed by atoms with Crippen molar-refractivity contribution in [2.24, 2.45) is 5.10 Å². The van der Waals surface area contributed by atoms with E-state index in [1.807, 2.05) is 42.8 Å². The highest BCUT2D eigenvalue weighted by Crippen LogP contribution is 2.14. The summed E-state index contributed by atoms with van der Waals surface area (Å²) in [6.45, 7) is 3.78. The number of amides is 1. The van der Waals surface area contributed by atoms with Crippen molar-refractivity contribution in [2.45, 2.75) is 19.0 Å². The van der Waals surface area contributed by atoms with E-state index < -0.39 is 0 Å². The maximum absolute atomic E-state index is 13.1. The van der Waals surface area contributed by atoms with E-state index in [2.05, 4.69) is 20.5 Å². The maximum Gasteiger partial charge on any atom is 0.250 e. The fourth-order valence-corrected chi connectivity index (χ4v) is 3.17. The molecule has 2 aromatic heterocycles. The number of carbonyl (C=O) groups excluding carboxylic acids is 1. The van der Waals surface area contributed by atoms with E-state index in [-0.39, 0.29) is 17.5 Å². The lowest BCUT2D eigenvalue weighted by molar-refractivity contribution is -0.118. The molecule has 0 fully saturated rings. The van der Waals surface area contributed by atoms with Crippen LogP contribution in [0.2, 0.25) is 0 Å². The smallest absolute Gasteiger partial charge is 0.250 e. The van der Waals surface area contributed by atoms with Crippen LogP contribution in [-0.2, 0) is 4.79 Å². The van der Waals surface area contributed by atoms with Crippen LogP contribution in [0.5, 0.6) is 0 Å². The number of rotatable bonds is 6. The Bertz CT molecular complexity index is 948. The summed E-state index contributed by atoms with van der Waals surface area (Å²) in [7, 11) is 0. The Morgan fingerprint density at radius 3 is 2.63 bits per heavy atom. The molecule has 0 atom stereocenters. The van der Waals surface area contributed by atoms with Gasteiger partial charge in [-0.05, 0) is 56.3 Å². The summed E-state index contributed by atoms with van der Waals surface area (Å²) >= 11 is 1.26. The fraction of sp³-hybridized carbons (Fsp3) is 0.158. The Balaban J connectivity index is 1.57. The van der Waals surface area contributed by atoms with Gasteiger partial charge in [0.15, 0.2) is 5.16 Å². The van der Waals surface area contributed by atoms with Crippen molar-refractivity contribution in [3.05, 3.63) is 71.6 Å². The zero-order valence-electron chi connectivity index (χ0n) is 14.9. The number of hydrazone groups is 1. The Hall–Kier alpha value is -3.00. The van der Waals surface area contributed by atoms with Gasteiger partial charge < -0.3 is 4.57 Å². The zero-order valence-corrected chi connectivity index (χ0v) is 15.7. The molecule has 0 spiro atoms. The molecule has 0 saturated carbocycles. The second-order valence-electron chi connectivity index (χ2n) is 5.79. The predicted molar refractivity (Wildman–Crippen MR) is 104 cm³/mol. The molecule has 3 aromatic rings. The standard InChI is InChI=1S/C19H18FN5OS/c1-13-10-14(2)23-19(22-13)27-12-18(26)24-21-11-17-4-3-9-25(17)16-7-5-15(20)6-8-16/h3-11H,12H2,1-2H3,(H,24,26)/b21-11-. The minimum atomic E-state index is -0.293. The van der Waals surface area contributed by atoms with Gasteiger partial charge in [-0.15, -0.1) is 0 Å². The van der Waals surface area contributed by atoms with E-state index in [0.717, 1.165) is 22.8 Å². The van der Waals surface area contributed by atoms with Gasteiger partial charge in [0.25, 0.3) is 5.91 Å². The highest BCUT2D eigenvalue weighted by molar-refractivity contribution is 7.99. The van der Waals surface area contributed by atoms with Gasteiger partial charge in [-0.3, -0.25) is 4.79 Å². The summed E-state index contributed by atoms with van der Waals surface area (Å²) in [6, 6.07) is 11.7. The Kier molecular flexibility index (Phi) is 5.97. The highest BCUT2D eigenvalue weighted by atomic mass is 32.2. The van der Waals surface area contributed by atoms with Crippen LogP contribution in [0.3, 0.4) is 0 Å². The first-order valence-electron chi connectivity index (χ1n) is 8.21. The van der Waals surface area contributed by atoms with E-state index in [4.69, 9.17) is 0 Å². The first kappa shape index (κ1) is 18.8. The molecule has 0 aliphatic carbocycles. The molecule has 0 saturated heterocycles. The first-order chi connectivity index (χ1) is 13.0. The molecule has 138 valence electrons. The van der Waals surface area contributed by atoms with Gasteiger partial charge in [0.2, 0.25) is 0 Å². The van der Waals surface area contributed by atoms with Crippen molar-refractivity contribution in [1.82, 2.24) is 20.0 Å². The van der Waals surface area contributed by atoms with Crippen LogP contribution in [0.4, 0.5) is 4.39 Å². The third-order valence-electron chi connectivity index (χ3n) is 3.57. The van der Waals surface area contributed by atoms with Crippen LogP contribution in [0.15, 0.2) is 58.9 Å². The van der Waals surface area contributed by atoms with Crippen LogP contribution in [0.25, 0.3) is 5.69 Å². The van der Waals surface area contributed by atoms with Crippen LogP contribution in [0.1, 0.15) is 17.1 Å². The number of aromatic nitrogens is 3. The normalized spacial score (nSPS) is 11.1. The van der Waals surface area contributed by atoms with Gasteiger partial charge in [-0.25, -0.2) is 19.8 Å². The minimum Gasteiger partial charge on any atom is -0.316 e. The molecule has 2 heterocycles. The monoisotopic (exact) mass is 383 g/mol. The number of benzene rings is 1. The molecule has 3 rings (SSSR count). The first-order valence-corrected chi connectivity index (χ1v) is 9.20. The second-order valence-corrected chi connectivity index (χ2v) is 6.74. The lowest BCUT2D eigenvalue weighted by Crippen LogP contribution is -2.20. The largest absolute Gasteiger partial charge is 0.316 e. The van der Waals surface area contributed by atoms with Crippen LogP contribution in [0, 0.1) is 19.7 Å². The lowest BCUT2D eigenvalue weighted by Gasteiger charge is -2.06. The Labute approximate surface area is 160 Å². The molecule has 1 amide bonds. The fourth-order valence-electron chi connectivity index (χ4n) is 2.43. The molecule has 0 radical (unpaired) electrons. The molecule has 6 nitrogen and oxygen atoms in total. The number of halogens is 1. The summed E-state index contributed by atoms with van der Waals surface area (Å²) in [4.78, 5) is 20.5. The highest BCUT2D eigenvalue weighted by Gasteiger charge is 2.06. The topological polar surface area (TPSA) is 72.2 Å². The lowest BCUT2D eigenvalue weighted by atomic mass is 10.3. The van der Waals surface area contributed by atoms with E-state index >= 15 is 0 Å². The average molecular weight is 383 g/mol. The Morgan fingerprint density at radius 2 is 1.93 bits per heavy atom. The third-order valence-corrected chi connectivity index (χ3v) is 4.41. The van der Waals surface area contributed by atoms with E-state index in [0.29, 0.717) is 5.16 Å². The molecular weight excluding hydrogens is 365 g/mol. The van der Waals surface area contributed by atoms with Crippen LogP contribution >= 0.6 is 11.8 Å². The van der Waals surface area contributed by atoms with Crippen molar-refractivity contribution >= 4 is 23.9 Å². The number of carbonyl (C=O) groups is 1. The van der Waals surface area contributed by atoms with E-state index in [1.54, 1.807) is 18.3 Å². The van der Waals surface area contributed by atoms with E-state index in [1.165, 1.54) is 23.9 Å².